The summed E-state index contributed by atoms with van der Waals surface area (Å²) in [6, 6.07) is 16.3. The van der Waals surface area contributed by atoms with E-state index < -0.39 is 60.8 Å². The van der Waals surface area contributed by atoms with Crippen molar-refractivity contribution in [1.82, 2.24) is 0 Å². The summed E-state index contributed by atoms with van der Waals surface area (Å²) in [6.07, 6.45) is -4.55. The lowest BCUT2D eigenvalue weighted by Gasteiger charge is -2.30. The first-order valence-corrected chi connectivity index (χ1v) is 13.4. The summed E-state index contributed by atoms with van der Waals surface area (Å²) < 4.78 is 59.6. The second-order valence-corrected chi connectivity index (χ2v) is 11.4. The summed E-state index contributed by atoms with van der Waals surface area (Å²) in [7, 11) is -6.93. The average Bonchev–Trinajstić information content (AvgIpc) is 3.11. The third kappa shape index (κ3) is 6.47. The van der Waals surface area contributed by atoms with E-state index in [1.54, 1.807) is 26.0 Å². The van der Waals surface area contributed by atoms with E-state index in [0.717, 1.165) is 5.56 Å². The molecule has 0 saturated carbocycles. The molecule has 9 nitrogen and oxygen atoms in total. The number of ether oxygens (including phenoxy) is 2. The topological polar surface area (TPSA) is 129 Å². The Bertz CT molecular complexity index is 1070. The maximum absolute atomic E-state index is 12.6. The number of aryl methyl sites for hydroxylation is 2. The molecule has 2 fully saturated rings. The second kappa shape index (κ2) is 10.9. The molecule has 0 spiro atoms. The zero-order chi connectivity index (χ0) is 25.1. The van der Waals surface area contributed by atoms with Gasteiger partial charge in [0.1, 0.15) is 12.2 Å². The number of rotatable bonds is 5. The highest BCUT2D eigenvalue weighted by Crippen LogP contribution is 2.49. The van der Waals surface area contributed by atoms with Crippen molar-refractivity contribution in [2.24, 2.45) is 0 Å². The monoisotopic (exact) mass is 513 g/mol. The van der Waals surface area contributed by atoms with Gasteiger partial charge in [-0.1, -0.05) is 53.6 Å². The van der Waals surface area contributed by atoms with Crippen LogP contribution in [0.2, 0.25) is 0 Å². The Balaban J connectivity index is 0.000000396. The van der Waals surface area contributed by atoms with E-state index in [9.17, 15) is 23.2 Å². The van der Waals surface area contributed by atoms with Crippen LogP contribution in [0.4, 0.5) is 0 Å². The second-order valence-electron chi connectivity index (χ2n) is 8.58. The van der Waals surface area contributed by atoms with Gasteiger partial charge in [0.15, 0.2) is 18.0 Å². The number of hydrogen-bond acceptors (Lipinski definition) is 9. The highest BCUT2D eigenvalue weighted by molar-refractivity contribution is 7.87. The molecule has 2 heterocycles. The Hall–Kier alpha value is -1.75. The predicted molar refractivity (Wildman–Crippen MR) is 124 cm³/mol. The van der Waals surface area contributed by atoms with E-state index in [0.29, 0.717) is 0 Å². The molecule has 34 heavy (non-hydrogen) atoms. The third-order valence-corrected chi connectivity index (χ3v) is 7.96. The minimum Gasteiger partial charge on any atom is -0.394 e. The fourth-order valence-corrected chi connectivity index (χ4v) is 6.22. The Morgan fingerprint density at radius 1 is 1.00 bits per heavy atom. The van der Waals surface area contributed by atoms with E-state index in [4.69, 9.17) is 18.2 Å². The van der Waals surface area contributed by atoms with Gasteiger partial charge in [-0.2, -0.15) is 8.42 Å². The number of benzene rings is 2. The van der Waals surface area contributed by atoms with Gasteiger partial charge < -0.3 is 19.7 Å². The molecule has 186 valence electrons. The molecule has 2 saturated heterocycles. The van der Waals surface area contributed by atoms with Gasteiger partial charge in [0.25, 0.3) is 0 Å². The summed E-state index contributed by atoms with van der Waals surface area (Å²) in [5, 5.41) is 19.1. The minimum absolute atomic E-state index is 0.0938. The zero-order valence-corrected chi connectivity index (χ0v) is 21.1. The van der Waals surface area contributed by atoms with Crippen LogP contribution < -0.4 is 0 Å². The minimum atomic E-state index is -4.24. The normalized spacial score (nSPS) is 27.9. The van der Waals surface area contributed by atoms with Gasteiger partial charge in [-0.25, -0.2) is 4.18 Å². The molecule has 0 amide bonds. The van der Waals surface area contributed by atoms with Crippen LogP contribution >= 0.6 is 8.03 Å². The van der Waals surface area contributed by atoms with E-state index >= 15 is 0 Å². The van der Waals surface area contributed by atoms with Crippen LogP contribution in [0.1, 0.15) is 25.0 Å². The molecule has 6 atom stereocenters. The van der Waals surface area contributed by atoms with Gasteiger partial charge in [0.05, 0.1) is 11.5 Å². The van der Waals surface area contributed by atoms with Crippen molar-refractivity contribution in [3.05, 3.63) is 65.7 Å². The molecule has 0 aromatic heterocycles. The van der Waals surface area contributed by atoms with Crippen LogP contribution in [0, 0.1) is 13.8 Å². The van der Waals surface area contributed by atoms with Gasteiger partial charge in [-0.05, 0) is 44.4 Å². The van der Waals surface area contributed by atoms with Gasteiger partial charge in [-0.15, -0.1) is 4.52 Å². The SMILES string of the molecule is Cc1ccc(S(=O)(=O)O[C@H]2[C@H]3OC(C)(C)O[C@H]3[C@@H]([C@H](O)CO)O[P+]2=O)cc1.Cc1ccccc1. The number of hydrogen-bond donors (Lipinski definition) is 2. The molecule has 0 bridgehead atoms. The molecule has 0 radical (unpaired) electrons. The largest absolute Gasteiger partial charge is 0.545 e. The quantitative estimate of drug-likeness (QED) is 0.458. The molecule has 2 aromatic carbocycles. The van der Waals surface area contributed by atoms with Crippen LogP contribution in [-0.2, 0) is 32.9 Å². The lowest BCUT2D eigenvalue weighted by Crippen LogP contribution is -2.53. The first-order chi connectivity index (χ1) is 15.9. The molecule has 2 aliphatic heterocycles. The van der Waals surface area contributed by atoms with Crippen molar-refractivity contribution < 1.29 is 41.4 Å². The molecule has 2 N–H and O–H groups in total. The van der Waals surface area contributed by atoms with Crippen molar-refractivity contribution >= 4 is 18.1 Å². The van der Waals surface area contributed by atoms with Crippen molar-refractivity contribution in [2.45, 2.75) is 68.6 Å². The van der Waals surface area contributed by atoms with Crippen molar-refractivity contribution in [3.8, 4) is 0 Å². The average molecular weight is 514 g/mol. The molecule has 4 rings (SSSR count). The highest BCUT2D eigenvalue weighted by atomic mass is 32.2. The van der Waals surface area contributed by atoms with Crippen LogP contribution in [0.3, 0.4) is 0 Å². The highest BCUT2D eigenvalue weighted by Gasteiger charge is 2.65. The first-order valence-electron chi connectivity index (χ1n) is 10.7. The third-order valence-electron chi connectivity index (χ3n) is 5.24. The Morgan fingerprint density at radius 3 is 2.09 bits per heavy atom. The summed E-state index contributed by atoms with van der Waals surface area (Å²) in [5.74, 6) is -2.60. The number of aliphatic hydroxyl groups excluding tert-OH is 2. The molecule has 11 heteroatoms. The van der Waals surface area contributed by atoms with Crippen molar-refractivity contribution in [1.29, 1.82) is 0 Å². The number of fused-ring (bicyclic) bond motifs is 1. The van der Waals surface area contributed by atoms with Gasteiger partial charge >= 0.3 is 24.0 Å². The predicted octanol–water partition coefficient (Wildman–Crippen LogP) is 3.04. The summed E-state index contributed by atoms with van der Waals surface area (Å²) in [5.41, 5.74) is 2.19. The summed E-state index contributed by atoms with van der Waals surface area (Å²) in [4.78, 5) is -0.0938. The van der Waals surface area contributed by atoms with Crippen LogP contribution in [-0.4, -0.2) is 61.3 Å². The Kier molecular flexibility index (Phi) is 8.60. The fraction of sp³-hybridized carbons (Fsp3) is 0.478. The van der Waals surface area contributed by atoms with E-state index in [-0.39, 0.29) is 4.90 Å². The first kappa shape index (κ1) is 26.8. The van der Waals surface area contributed by atoms with Crippen LogP contribution in [0.25, 0.3) is 0 Å². The zero-order valence-electron chi connectivity index (χ0n) is 19.4. The van der Waals surface area contributed by atoms with E-state index in [1.807, 2.05) is 25.1 Å². The number of aliphatic hydroxyl groups is 2. The van der Waals surface area contributed by atoms with Crippen LogP contribution in [0.5, 0.6) is 0 Å². The van der Waals surface area contributed by atoms with Crippen molar-refractivity contribution in [2.75, 3.05) is 6.61 Å². The molecule has 2 aromatic rings. The summed E-state index contributed by atoms with van der Waals surface area (Å²) in [6.45, 7) is 6.43. The molecule has 2 aliphatic rings. The smallest absolute Gasteiger partial charge is 0.394 e. The van der Waals surface area contributed by atoms with Gasteiger partial charge in [-0.3, -0.25) is 0 Å². The standard InChI is InChI=1S/C16H22O9PS.C7H8/c1-9-4-6-10(7-5-9)27(20,21)25-15-14-13(22-16(2,3)23-14)12(11(18)8-17)24-26(15)19;1-7-5-3-2-4-6-7/h4-7,11-15,17-18H,8H2,1-3H3;2-6H,1H3/q+1;/t11-,12-,13+,14+,15-;/m1./s1. The van der Waals surface area contributed by atoms with E-state index in [2.05, 4.69) is 19.1 Å². The maximum atomic E-state index is 12.6. The fourth-order valence-electron chi connectivity index (χ4n) is 3.56. The molecular formula is C23H30O9PS+. The van der Waals surface area contributed by atoms with Crippen molar-refractivity contribution in [3.63, 3.8) is 0 Å². The molecular weight excluding hydrogens is 483 g/mol. The lowest BCUT2D eigenvalue weighted by atomic mass is 10.0. The lowest BCUT2D eigenvalue weighted by molar-refractivity contribution is -0.159. The maximum Gasteiger partial charge on any atom is 0.545 e. The Morgan fingerprint density at radius 2 is 1.56 bits per heavy atom. The summed E-state index contributed by atoms with van der Waals surface area (Å²) >= 11 is 0. The molecule has 0 aliphatic carbocycles. The molecule has 1 unspecified atom stereocenters. The Labute approximate surface area is 200 Å². The van der Waals surface area contributed by atoms with Gasteiger partial charge in [0, 0.05) is 0 Å². The van der Waals surface area contributed by atoms with Crippen LogP contribution in [0.15, 0.2) is 59.5 Å². The van der Waals surface area contributed by atoms with E-state index in [1.165, 1.54) is 17.7 Å². The van der Waals surface area contributed by atoms with Gasteiger partial charge in [0.2, 0.25) is 0 Å².